The molecule has 2 aliphatic heterocycles. The number of nitrogens with zero attached hydrogens (tertiary/aromatic N) is 5. The van der Waals surface area contributed by atoms with Gasteiger partial charge in [-0.25, -0.2) is 23.4 Å². The van der Waals surface area contributed by atoms with Crippen LogP contribution in [0.25, 0.3) is 15.8 Å². The molecule has 1 aromatic carbocycles. The molecule has 1 N–H and O–H groups in total. The van der Waals surface area contributed by atoms with Crippen molar-refractivity contribution in [2.75, 3.05) is 43.4 Å². The Morgan fingerprint density at radius 1 is 1.14 bits per heavy atom. The van der Waals surface area contributed by atoms with Crippen LogP contribution >= 0.6 is 11.3 Å². The molecule has 4 heterocycles. The number of benzene rings is 1. The van der Waals surface area contributed by atoms with Gasteiger partial charge in [0.2, 0.25) is 21.9 Å². The summed E-state index contributed by atoms with van der Waals surface area (Å²) in [6, 6.07) is 6.20. The zero-order valence-electron chi connectivity index (χ0n) is 24.4. The van der Waals surface area contributed by atoms with E-state index >= 15 is 0 Å². The molecular weight excluding hydrogens is 573 g/mol. The normalized spacial score (nSPS) is 16.9. The predicted octanol–water partition coefficient (Wildman–Crippen LogP) is 4.42. The number of carbonyl (C=O) groups is 1. The molecular formula is C30H40N6O4S2. The van der Waals surface area contributed by atoms with E-state index in [2.05, 4.69) is 39.2 Å². The van der Waals surface area contributed by atoms with Crippen LogP contribution in [0.5, 0.6) is 5.19 Å². The summed E-state index contributed by atoms with van der Waals surface area (Å²) in [7, 11) is -3.39. The molecule has 0 spiro atoms. The molecule has 1 saturated heterocycles. The SMILES string of the molecule is CCCc1cnc(N2CCC(Oc3nc4ccc(C5=CCN(S(=O)(=O)CCCC(=O)NCC)CC5)cc4s3)CC2)nc1. The lowest BCUT2D eigenvalue weighted by molar-refractivity contribution is -0.120. The number of anilines is 1. The van der Waals surface area contributed by atoms with Crippen molar-refractivity contribution in [3.63, 3.8) is 0 Å². The lowest BCUT2D eigenvalue weighted by atomic mass is 10.0. The number of nitrogens with one attached hydrogen (secondary N) is 1. The van der Waals surface area contributed by atoms with E-state index in [9.17, 15) is 13.2 Å². The van der Waals surface area contributed by atoms with E-state index < -0.39 is 10.0 Å². The standard InChI is InChI=1S/C30H40N6O4S2/c1-3-6-22-20-32-29(33-21-22)35-14-12-25(13-15-35)40-30-34-26-9-8-24(19-27(26)41-30)23-10-16-36(17-11-23)42(38,39)18-5-7-28(37)31-4-2/h8-10,19-21,25H,3-7,11-18H2,1-2H3,(H,31,37). The number of ether oxygens (including phenoxy) is 1. The minimum atomic E-state index is -3.39. The van der Waals surface area contributed by atoms with Gasteiger partial charge in [-0.05, 0) is 55.0 Å². The van der Waals surface area contributed by atoms with Crippen LogP contribution in [-0.4, -0.2) is 78.2 Å². The number of hydrogen-bond donors (Lipinski definition) is 1. The second-order valence-electron chi connectivity index (χ2n) is 10.8. The average Bonchev–Trinajstić information content (AvgIpc) is 3.40. The van der Waals surface area contributed by atoms with E-state index in [1.165, 1.54) is 9.87 Å². The van der Waals surface area contributed by atoms with E-state index in [1.807, 2.05) is 31.5 Å². The average molecular weight is 613 g/mol. The van der Waals surface area contributed by atoms with Crippen molar-refractivity contribution in [2.45, 2.75) is 64.9 Å². The third kappa shape index (κ3) is 7.64. The molecule has 12 heteroatoms. The Balaban J connectivity index is 1.14. The highest BCUT2D eigenvalue weighted by molar-refractivity contribution is 7.89. The number of thiazole rings is 1. The van der Waals surface area contributed by atoms with Crippen LogP contribution in [0, 0.1) is 0 Å². The number of sulfonamides is 1. The summed E-state index contributed by atoms with van der Waals surface area (Å²) in [4.78, 5) is 27.7. The van der Waals surface area contributed by atoms with Gasteiger partial charge >= 0.3 is 0 Å². The van der Waals surface area contributed by atoms with Gasteiger partial charge in [-0.15, -0.1) is 0 Å². The second kappa shape index (κ2) is 13.9. The van der Waals surface area contributed by atoms with E-state index in [4.69, 9.17) is 9.72 Å². The summed E-state index contributed by atoms with van der Waals surface area (Å²) in [5, 5.41) is 3.39. The minimum absolute atomic E-state index is 0.0120. The van der Waals surface area contributed by atoms with Crippen LogP contribution in [0.2, 0.25) is 0 Å². The molecule has 1 fully saturated rings. The highest BCUT2D eigenvalue weighted by Crippen LogP contribution is 2.33. The van der Waals surface area contributed by atoms with Crippen molar-refractivity contribution in [1.29, 1.82) is 0 Å². The molecule has 5 rings (SSSR count). The molecule has 0 aliphatic carbocycles. The number of rotatable bonds is 12. The largest absolute Gasteiger partial charge is 0.467 e. The van der Waals surface area contributed by atoms with Crippen molar-refractivity contribution in [3.05, 3.63) is 47.8 Å². The first-order valence-corrected chi connectivity index (χ1v) is 17.3. The van der Waals surface area contributed by atoms with Crippen LogP contribution < -0.4 is 15.0 Å². The number of carbonyl (C=O) groups excluding carboxylic acids is 1. The van der Waals surface area contributed by atoms with Gasteiger partial charge in [-0.2, -0.15) is 4.31 Å². The minimum Gasteiger partial charge on any atom is -0.467 e. The van der Waals surface area contributed by atoms with Gasteiger partial charge in [0.25, 0.3) is 5.19 Å². The molecule has 226 valence electrons. The summed E-state index contributed by atoms with van der Waals surface area (Å²) in [5.41, 5.74) is 4.31. The number of piperidine rings is 1. The number of aryl methyl sites for hydroxylation is 1. The Labute approximate surface area is 252 Å². The van der Waals surface area contributed by atoms with Gasteiger partial charge in [-0.1, -0.05) is 36.8 Å². The second-order valence-corrected chi connectivity index (χ2v) is 13.9. The first-order valence-electron chi connectivity index (χ1n) is 14.9. The van der Waals surface area contributed by atoms with Crippen molar-refractivity contribution < 1.29 is 17.9 Å². The van der Waals surface area contributed by atoms with Crippen molar-refractivity contribution in [3.8, 4) is 5.19 Å². The summed E-state index contributed by atoms with van der Waals surface area (Å²) < 4.78 is 34.4. The first kappa shape index (κ1) is 30.4. The maximum atomic E-state index is 12.8. The van der Waals surface area contributed by atoms with Crippen LogP contribution in [0.4, 0.5) is 5.95 Å². The van der Waals surface area contributed by atoms with Crippen LogP contribution in [0.3, 0.4) is 0 Å². The van der Waals surface area contributed by atoms with Crippen molar-refractivity contribution >= 4 is 49.0 Å². The number of fused-ring (bicyclic) bond motifs is 1. The Bertz CT molecular complexity index is 1500. The molecule has 2 aromatic heterocycles. The Hall–Kier alpha value is -3.09. The molecule has 0 radical (unpaired) electrons. The fraction of sp³-hybridized carbons (Fsp3) is 0.533. The maximum absolute atomic E-state index is 12.8. The quantitative estimate of drug-likeness (QED) is 0.320. The van der Waals surface area contributed by atoms with Crippen molar-refractivity contribution in [2.24, 2.45) is 0 Å². The van der Waals surface area contributed by atoms with Crippen LogP contribution in [0.15, 0.2) is 36.7 Å². The third-order valence-corrected chi connectivity index (χ3v) is 10.5. The lowest BCUT2D eigenvalue weighted by Crippen LogP contribution is -2.39. The third-order valence-electron chi connectivity index (χ3n) is 7.71. The maximum Gasteiger partial charge on any atom is 0.274 e. The fourth-order valence-electron chi connectivity index (χ4n) is 5.39. The molecule has 0 atom stereocenters. The van der Waals surface area contributed by atoms with Crippen molar-refractivity contribution in [1.82, 2.24) is 24.6 Å². The molecule has 42 heavy (non-hydrogen) atoms. The molecule has 2 aliphatic rings. The van der Waals surface area contributed by atoms with Gasteiger partial charge in [-0.3, -0.25) is 4.79 Å². The zero-order chi connectivity index (χ0) is 29.5. The summed E-state index contributed by atoms with van der Waals surface area (Å²) in [5.74, 6) is 0.668. The highest BCUT2D eigenvalue weighted by Gasteiger charge is 2.26. The molecule has 0 bridgehead atoms. The summed E-state index contributed by atoms with van der Waals surface area (Å²) >= 11 is 1.55. The fourth-order valence-corrected chi connectivity index (χ4v) is 7.75. The Kier molecular flexibility index (Phi) is 10.1. The molecule has 0 saturated carbocycles. The van der Waals surface area contributed by atoms with Gasteiger partial charge in [0, 0.05) is 64.4 Å². The molecule has 3 aromatic rings. The monoisotopic (exact) mass is 612 g/mol. The van der Waals surface area contributed by atoms with E-state index in [1.54, 1.807) is 11.3 Å². The van der Waals surface area contributed by atoms with E-state index in [0.717, 1.165) is 66.1 Å². The van der Waals surface area contributed by atoms with Crippen LogP contribution in [0.1, 0.15) is 63.5 Å². The molecule has 0 unspecified atom stereocenters. The van der Waals surface area contributed by atoms with E-state index in [-0.39, 0.29) is 24.2 Å². The van der Waals surface area contributed by atoms with E-state index in [0.29, 0.717) is 37.7 Å². The van der Waals surface area contributed by atoms with Gasteiger partial charge in [0.1, 0.15) is 6.10 Å². The molecule has 1 amide bonds. The summed E-state index contributed by atoms with van der Waals surface area (Å²) in [6.07, 6.45) is 11.0. The van der Waals surface area contributed by atoms with Gasteiger partial charge < -0.3 is 15.0 Å². The zero-order valence-corrected chi connectivity index (χ0v) is 26.1. The number of amides is 1. The van der Waals surface area contributed by atoms with Crippen LogP contribution in [-0.2, 0) is 21.2 Å². The van der Waals surface area contributed by atoms with Gasteiger partial charge in [0.15, 0.2) is 0 Å². The van der Waals surface area contributed by atoms with Gasteiger partial charge in [0.05, 0.1) is 16.0 Å². The topological polar surface area (TPSA) is 118 Å². The Morgan fingerprint density at radius 2 is 1.93 bits per heavy atom. The predicted molar refractivity (Wildman–Crippen MR) is 167 cm³/mol. The lowest BCUT2D eigenvalue weighted by Gasteiger charge is -2.31. The highest BCUT2D eigenvalue weighted by atomic mass is 32.2. The first-order chi connectivity index (χ1) is 20.3. The Morgan fingerprint density at radius 3 is 2.62 bits per heavy atom. The number of hydrogen-bond acceptors (Lipinski definition) is 9. The summed E-state index contributed by atoms with van der Waals surface area (Å²) in [6.45, 7) is 7.05. The number of aromatic nitrogens is 3. The smallest absolute Gasteiger partial charge is 0.274 e. The molecule has 10 nitrogen and oxygen atoms in total.